The Balaban J connectivity index is 1.46. The van der Waals surface area contributed by atoms with Crippen molar-refractivity contribution < 1.29 is 4.79 Å². The zero-order chi connectivity index (χ0) is 20.2. The largest absolute Gasteiger partial charge is 0.354 e. The van der Waals surface area contributed by atoms with Crippen molar-refractivity contribution in [2.75, 3.05) is 11.4 Å². The highest BCUT2D eigenvalue weighted by molar-refractivity contribution is 7.98. The fourth-order valence-corrected chi connectivity index (χ4v) is 4.55. The molecule has 154 valence electrons. The Bertz CT molecular complexity index is 868. The zero-order valence-corrected chi connectivity index (χ0v) is 18.2. The number of carbonyl (C=O) groups is 1. The lowest BCUT2D eigenvalue weighted by atomic mass is 10.0. The number of nitrogens with one attached hydrogen (secondary N) is 1. The van der Waals surface area contributed by atoms with Gasteiger partial charge in [0.1, 0.15) is 5.82 Å². The number of aromatic nitrogens is 2. The van der Waals surface area contributed by atoms with E-state index in [-0.39, 0.29) is 5.91 Å². The summed E-state index contributed by atoms with van der Waals surface area (Å²) < 4.78 is 0. The number of nitrogens with zero attached hydrogens (tertiary/aromatic N) is 3. The summed E-state index contributed by atoms with van der Waals surface area (Å²) in [6, 6.07) is 11.0. The number of amides is 1. The van der Waals surface area contributed by atoms with Crippen molar-refractivity contribution in [1.82, 2.24) is 15.3 Å². The van der Waals surface area contributed by atoms with Gasteiger partial charge in [0, 0.05) is 41.7 Å². The van der Waals surface area contributed by atoms with Gasteiger partial charge in [-0.15, -0.1) is 0 Å². The van der Waals surface area contributed by atoms with E-state index in [1.165, 1.54) is 19.3 Å². The topological polar surface area (TPSA) is 58.1 Å². The van der Waals surface area contributed by atoms with Crippen molar-refractivity contribution in [1.29, 1.82) is 0 Å². The van der Waals surface area contributed by atoms with Crippen LogP contribution in [-0.4, -0.2) is 34.5 Å². The molecule has 2 heterocycles. The van der Waals surface area contributed by atoms with Gasteiger partial charge in [0.15, 0.2) is 5.16 Å². The van der Waals surface area contributed by atoms with E-state index >= 15 is 0 Å². The first-order valence-electron chi connectivity index (χ1n) is 10.8. The van der Waals surface area contributed by atoms with Crippen molar-refractivity contribution in [3.63, 3.8) is 0 Å². The fourth-order valence-electron chi connectivity index (χ4n) is 3.74. The molecule has 0 bridgehead atoms. The van der Waals surface area contributed by atoms with E-state index in [1.807, 2.05) is 18.2 Å². The summed E-state index contributed by atoms with van der Waals surface area (Å²) >= 11 is 1.65. The summed E-state index contributed by atoms with van der Waals surface area (Å²) in [6.45, 7) is 5.50. The van der Waals surface area contributed by atoms with E-state index in [4.69, 9.17) is 9.97 Å². The molecule has 1 aromatic carbocycles. The molecule has 1 unspecified atom stereocenters. The van der Waals surface area contributed by atoms with Crippen LogP contribution in [0.1, 0.15) is 67.6 Å². The van der Waals surface area contributed by atoms with Gasteiger partial charge in [0.25, 0.3) is 5.91 Å². The van der Waals surface area contributed by atoms with Gasteiger partial charge in [0.2, 0.25) is 0 Å². The minimum absolute atomic E-state index is 0.0324. The Morgan fingerprint density at radius 3 is 2.83 bits per heavy atom. The van der Waals surface area contributed by atoms with Gasteiger partial charge in [-0.1, -0.05) is 30.8 Å². The maximum Gasteiger partial charge on any atom is 0.251 e. The molecule has 1 atom stereocenters. The van der Waals surface area contributed by atoms with E-state index < -0.39 is 0 Å². The second-order valence-corrected chi connectivity index (χ2v) is 9.07. The number of piperidine rings is 1. The number of carbonyl (C=O) groups excluding carboxylic acids is 1. The highest BCUT2D eigenvalue weighted by Crippen LogP contribution is 2.27. The van der Waals surface area contributed by atoms with Crippen molar-refractivity contribution in [2.45, 2.75) is 75.4 Å². The molecule has 2 aliphatic rings. The van der Waals surface area contributed by atoms with Crippen LogP contribution in [0, 0.1) is 0 Å². The van der Waals surface area contributed by atoms with Gasteiger partial charge < -0.3 is 10.2 Å². The molecule has 1 saturated heterocycles. The van der Waals surface area contributed by atoms with Crippen LogP contribution in [0.25, 0.3) is 0 Å². The Morgan fingerprint density at radius 1 is 1.21 bits per heavy atom. The number of aryl methyl sites for hydroxylation is 1. The molecular formula is C23H30N4OS. The van der Waals surface area contributed by atoms with Gasteiger partial charge in [-0.3, -0.25) is 4.79 Å². The second kappa shape index (κ2) is 9.16. The van der Waals surface area contributed by atoms with Crippen LogP contribution in [0.2, 0.25) is 0 Å². The first-order valence-corrected chi connectivity index (χ1v) is 11.8. The number of benzene rings is 1. The zero-order valence-electron chi connectivity index (χ0n) is 17.4. The molecule has 29 heavy (non-hydrogen) atoms. The molecule has 4 rings (SSSR count). The molecular weight excluding hydrogens is 380 g/mol. The summed E-state index contributed by atoms with van der Waals surface area (Å²) in [6.07, 6.45) is 6.87. The Morgan fingerprint density at radius 2 is 2.07 bits per heavy atom. The molecule has 2 aromatic rings. The molecule has 1 amide bonds. The summed E-state index contributed by atoms with van der Waals surface area (Å²) in [5, 5.41) is 3.88. The molecule has 1 saturated carbocycles. The van der Waals surface area contributed by atoms with E-state index in [9.17, 15) is 4.79 Å². The Hall–Kier alpha value is -2.08. The van der Waals surface area contributed by atoms with Crippen LogP contribution in [0.5, 0.6) is 0 Å². The van der Waals surface area contributed by atoms with Gasteiger partial charge >= 0.3 is 0 Å². The lowest BCUT2D eigenvalue weighted by Gasteiger charge is -2.34. The van der Waals surface area contributed by atoms with Gasteiger partial charge in [-0.2, -0.15) is 0 Å². The summed E-state index contributed by atoms with van der Waals surface area (Å²) in [7, 11) is 0. The van der Waals surface area contributed by atoms with E-state index in [2.05, 4.69) is 36.2 Å². The Labute approximate surface area is 177 Å². The third-order valence-corrected chi connectivity index (χ3v) is 6.59. The lowest BCUT2D eigenvalue weighted by Crippen LogP contribution is -2.38. The molecule has 6 heteroatoms. The SMILES string of the molecule is CCc1cc(N2CCCCC2C)nc(SCc2cccc(C(=O)NC3CC3)c2)n1. The smallest absolute Gasteiger partial charge is 0.251 e. The third kappa shape index (κ3) is 5.30. The number of anilines is 1. The van der Waals surface area contributed by atoms with Gasteiger partial charge in [0.05, 0.1) is 0 Å². The predicted octanol–water partition coefficient (Wildman–Crippen LogP) is 4.60. The quantitative estimate of drug-likeness (QED) is 0.534. The molecule has 5 nitrogen and oxygen atoms in total. The van der Waals surface area contributed by atoms with Crippen LogP contribution >= 0.6 is 11.8 Å². The molecule has 2 fully saturated rings. The summed E-state index contributed by atoms with van der Waals surface area (Å²) in [4.78, 5) is 24.3. The molecule has 1 aromatic heterocycles. The second-order valence-electron chi connectivity index (χ2n) is 8.13. The highest BCUT2D eigenvalue weighted by Gasteiger charge is 2.24. The fraction of sp³-hybridized carbons (Fsp3) is 0.522. The molecule has 1 aliphatic carbocycles. The van der Waals surface area contributed by atoms with Crippen LogP contribution in [0.3, 0.4) is 0 Å². The number of thioether (sulfide) groups is 1. The van der Waals surface area contributed by atoms with Crippen molar-refractivity contribution in [3.8, 4) is 0 Å². The van der Waals surface area contributed by atoms with Crippen molar-refractivity contribution in [2.24, 2.45) is 0 Å². The Kier molecular flexibility index (Phi) is 6.38. The first-order chi connectivity index (χ1) is 14.1. The third-order valence-electron chi connectivity index (χ3n) is 5.67. The van der Waals surface area contributed by atoms with Crippen LogP contribution < -0.4 is 10.2 Å². The monoisotopic (exact) mass is 410 g/mol. The average molecular weight is 411 g/mol. The predicted molar refractivity (Wildman–Crippen MR) is 119 cm³/mol. The van der Waals surface area contributed by atoms with Crippen LogP contribution in [0.4, 0.5) is 5.82 Å². The van der Waals surface area contributed by atoms with E-state index in [0.29, 0.717) is 12.1 Å². The number of hydrogen-bond donors (Lipinski definition) is 1. The molecule has 1 aliphatic heterocycles. The summed E-state index contributed by atoms with van der Waals surface area (Å²) in [5.41, 5.74) is 2.95. The van der Waals surface area contributed by atoms with Crippen molar-refractivity contribution >= 4 is 23.5 Å². The van der Waals surface area contributed by atoms with Crippen LogP contribution in [0.15, 0.2) is 35.5 Å². The maximum absolute atomic E-state index is 12.3. The average Bonchev–Trinajstić information content (AvgIpc) is 3.56. The summed E-state index contributed by atoms with van der Waals surface area (Å²) in [5.74, 6) is 1.85. The molecule has 0 radical (unpaired) electrons. The maximum atomic E-state index is 12.3. The molecule has 1 N–H and O–H groups in total. The normalized spacial score (nSPS) is 19.2. The minimum atomic E-state index is 0.0324. The minimum Gasteiger partial charge on any atom is -0.354 e. The lowest BCUT2D eigenvalue weighted by molar-refractivity contribution is 0.0951. The highest BCUT2D eigenvalue weighted by atomic mass is 32.2. The van der Waals surface area contributed by atoms with Crippen molar-refractivity contribution in [3.05, 3.63) is 47.2 Å². The van der Waals surface area contributed by atoms with Gasteiger partial charge in [-0.25, -0.2) is 9.97 Å². The number of hydrogen-bond acceptors (Lipinski definition) is 5. The molecule has 0 spiro atoms. The first kappa shape index (κ1) is 20.2. The van der Waals surface area contributed by atoms with Gasteiger partial charge in [-0.05, 0) is 63.1 Å². The van der Waals surface area contributed by atoms with E-state index in [0.717, 1.165) is 59.4 Å². The standard InChI is InChI=1S/C23H30N4OS/c1-3-19-14-21(27-12-5-4-7-16(27)2)26-23(25-19)29-15-17-8-6-9-18(13-17)22(28)24-20-10-11-20/h6,8-9,13-14,16,20H,3-5,7,10-12,15H2,1-2H3,(H,24,28). The van der Waals surface area contributed by atoms with E-state index in [1.54, 1.807) is 11.8 Å². The van der Waals surface area contributed by atoms with Crippen LogP contribution in [-0.2, 0) is 12.2 Å². The number of rotatable bonds is 7.